The van der Waals surface area contributed by atoms with Crippen molar-refractivity contribution in [3.05, 3.63) is 88.3 Å². The number of para-hydroxylation sites is 1. The lowest BCUT2D eigenvalue weighted by molar-refractivity contribution is 0.0885. The van der Waals surface area contributed by atoms with E-state index in [0.29, 0.717) is 22.5 Å². The maximum absolute atomic E-state index is 12.3. The number of benzene rings is 2. The van der Waals surface area contributed by atoms with Crippen LogP contribution in [0.5, 0.6) is 5.75 Å². The van der Waals surface area contributed by atoms with Gasteiger partial charge in [-0.3, -0.25) is 4.79 Å². The van der Waals surface area contributed by atoms with Gasteiger partial charge in [-0.1, -0.05) is 61.8 Å². The molecule has 3 aromatic rings. The molecule has 1 amide bonds. The number of hydrogen-bond acceptors (Lipinski definition) is 4. The van der Waals surface area contributed by atoms with Crippen LogP contribution in [0.25, 0.3) is 0 Å². The molecule has 0 aliphatic rings. The molecule has 5 nitrogen and oxygen atoms in total. The van der Waals surface area contributed by atoms with Crippen molar-refractivity contribution < 1.29 is 19.1 Å². The fourth-order valence-electron chi connectivity index (χ4n) is 2.79. The van der Waals surface area contributed by atoms with Crippen LogP contribution >= 0.6 is 11.6 Å². The third-order valence-corrected chi connectivity index (χ3v) is 4.85. The number of nitrogens with one attached hydrogen (secondary N) is 1. The highest BCUT2D eigenvalue weighted by Crippen LogP contribution is 2.24. The fraction of sp³-hybridized carbons (Fsp3) is 0.261. The topological polar surface area (TPSA) is 71.7 Å². The molecule has 0 aliphatic heterocycles. The lowest BCUT2D eigenvalue weighted by Crippen LogP contribution is -2.28. The second-order valence-electron chi connectivity index (χ2n) is 7.03. The molecule has 0 bridgehead atoms. The van der Waals surface area contributed by atoms with Crippen molar-refractivity contribution in [1.82, 2.24) is 5.32 Å². The van der Waals surface area contributed by atoms with Crippen LogP contribution in [0.4, 0.5) is 0 Å². The van der Waals surface area contributed by atoms with E-state index in [1.165, 1.54) is 5.56 Å². The smallest absolute Gasteiger partial charge is 0.287 e. The Morgan fingerprint density at radius 3 is 2.45 bits per heavy atom. The zero-order chi connectivity index (χ0) is 20.8. The number of aliphatic hydroxyl groups is 1. The molecule has 0 aliphatic carbocycles. The number of rotatable bonds is 8. The molecule has 0 fully saturated rings. The van der Waals surface area contributed by atoms with Crippen molar-refractivity contribution in [3.8, 4) is 5.75 Å². The van der Waals surface area contributed by atoms with E-state index in [1.807, 2.05) is 36.4 Å². The van der Waals surface area contributed by atoms with Gasteiger partial charge in [0.15, 0.2) is 5.76 Å². The second-order valence-corrected chi connectivity index (χ2v) is 7.44. The van der Waals surface area contributed by atoms with E-state index >= 15 is 0 Å². The largest absolute Gasteiger partial charge is 0.484 e. The van der Waals surface area contributed by atoms with Crippen molar-refractivity contribution in [1.29, 1.82) is 0 Å². The number of aliphatic hydroxyl groups excluding tert-OH is 1. The molecule has 0 spiro atoms. The summed E-state index contributed by atoms with van der Waals surface area (Å²) in [6, 6.07) is 18.1. The lowest BCUT2D eigenvalue weighted by atomic mass is 10.00. The van der Waals surface area contributed by atoms with E-state index in [4.69, 9.17) is 20.8 Å². The number of hydrogen-bond donors (Lipinski definition) is 2. The predicted molar refractivity (Wildman–Crippen MR) is 112 cm³/mol. The molecule has 29 heavy (non-hydrogen) atoms. The third kappa shape index (κ3) is 5.62. The average Bonchev–Trinajstić information content (AvgIpc) is 3.20. The quantitative estimate of drug-likeness (QED) is 0.539. The molecule has 1 aromatic heterocycles. The SMILES string of the molecule is CC(C)c1ccc(C(O)CNC(=O)c2ccc(COc3ccccc3Cl)o2)cc1. The van der Waals surface area contributed by atoms with Gasteiger partial charge in [0.05, 0.1) is 11.1 Å². The van der Waals surface area contributed by atoms with Crippen LogP contribution in [-0.4, -0.2) is 17.6 Å². The minimum absolute atomic E-state index is 0.0893. The molecule has 1 unspecified atom stereocenters. The number of carbonyl (C=O) groups excluding carboxylic acids is 1. The van der Waals surface area contributed by atoms with Gasteiger partial charge in [0.2, 0.25) is 0 Å². The van der Waals surface area contributed by atoms with Gasteiger partial charge in [-0.05, 0) is 41.3 Å². The van der Waals surface area contributed by atoms with Crippen LogP contribution in [-0.2, 0) is 6.61 Å². The highest BCUT2D eigenvalue weighted by atomic mass is 35.5. The van der Waals surface area contributed by atoms with Crippen molar-refractivity contribution in [2.75, 3.05) is 6.54 Å². The molecule has 0 radical (unpaired) electrons. The molecule has 0 saturated heterocycles. The highest BCUT2D eigenvalue weighted by molar-refractivity contribution is 6.32. The Hall–Kier alpha value is -2.76. The van der Waals surface area contributed by atoms with Crippen LogP contribution in [0.2, 0.25) is 5.02 Å². The molecule has 0 saturated carbocycles. The molecule has 6 heteroatoms. The molecule has 152 valence electrons. The standard InChI is InChI=1S/C23H24ClNO4/c1-15(2)16-7-9-17(10-8-16)20(26)13-25-23(27)22-12-11-18(29-22)14-28-21-6-4-3-5-19(21)24/h3-12,15,20,26H,13-14H2,1-2H3,(H,25,27). The van der Waals surface area contributed by atoms with E-state index in [9.17, 15) is 9.90 Å². The van der Waals surface area contributed by atoms with Crippen molar-refractivity contribution in [2.24, 2.45) is 0 Å². The summed E-state index contributed by atoms with van der Waals surface area (Å²) < 4.78 is 11.1. The van der Waals surface area contributed by atoms with E-state index in [2.05, 4.69) is 19.2 Å². The first-order chi connectivity index (χ1) is 13.9. The van der Waals surface area contributed by atoms with Gasteiger partial charge in [-0.2, -0.15) is 0 Å². The monoisotopic (exact) mass is 413 g/mol. The number of amides is 1. The number of furan rings is 1. The van der Waals surface area contributed by atoms with Crippen molar-refractivity contribution in [3.63, 3.8) is 0 Å². The molecule has 1 atom stereocenters. The Kier molecular flexibility index (Phi) is 6.96. The predicted octanol–water partition coefficient (Wildman–Crippen LogP) is 5.10. The Labute approximate surface area is 175 Å². The van der Waals surface area contributed by atoms with Crippen molar-refractivity contribution in [2.45, 2.75) is 32.5 Å². The Bertz CT molecular complexity index is 950. The first-order valence-corrected chi connectivity index (χ1v) is 9.84. The number of carbonyl (C=O) groups is 1. The van der Waals surface area contributed by atoms with Gasteiger partial charge in [-0.15, -0.1) is 0 Å². The van der Waals surface area contributed by atoms with Crippen LogP contribution < -0.4 is 10.1 Å². The molecular weight excluding hydrogens is 390 g/mol. The van der Waals surface area contributed by atoms with Crippen LogP contribution in [0, 0.1) is 0 Å². The zero-order valence-electron chi connectivity index (χ0n) is 16.4. The Morgan fingerprint density at radius 1 is 1.07 bits per heavy atom. The molecule has 2 N–H and O–H groups in total. The molecule has 1 heterocycles. The van der Waals surface area contributed by atoms with E-state index in [0.717, 1.165) is 5.56 Å². The van der Waals surface area contributed by atoms with Gasteiger partial charge in [0, 0.05) is 6.54 Å². The van der Waals surface area contributed by atoms with Gasteiger partial charge in [0.1, 0.15) is 18.1 Å². The first-order valence-electron chi connectivity index (χ1n) is 9.46. The summed E-state index contributed by atoms with van der Waals surface area (Å²) in [7, 11) is 0. The van der Waals surface area contributed by atoms with Crippen LogP contribution in [0.1, 0.15) is 53.3 Å². The second kappa shape index (κ2) is 9.63. The van der Waals surface area contributed by atoms with E-state index in [-0.39, 0.29) is 18.9 Å². The van der Waals surface area contributed by atoms with Crippen LogP contribution in [0.15, 0.2) is 65.1 Å². The summed E-state index contributed by atoms with van der Waals surface area (Å²) in [5.74, 6) is 1.23. The molecule has 3 rings (SSSR count). The maximum atomic E-state index is 12.3. The third-order valence-electron chi connectivity index (χ3n) is 4.54. The molecule has 2 aromatic carbocycles. The number of halogens is 1. The minimum Gasteiger partial charge on any atom is -0.484 e. The Morgan fingerprint density at radius 2 is 1.76 bits per heavy atom. The summed E-state index contributed by atoms with van der Waals surface area (Å²) in [6.07, 6.45) is -0.793. The van der Waals surface area contributed by atoms with Gasteiger partial charge < -0.3 is 19.6 Å². The summed E-state index contributed by atoms with van der Waals surface area (Å²) in [4.78, 5) is 12.3. The maximum Gasteiger partial charge on any atom is 0.287 e. The molecular formula is C23H24ClNO4. The lowest BCUT2D eigenvalue weighted by Gasteiger charge is -2.13. The van der Waals surface area contributed by atoms with Crippen LogP contribution in [0.3, 0.4) is 0 Å². The number of ether oxygens (including phenoxy) is 1. The first kappa shape index (κ1) is 21.0. The highest BCUT2D eigenvalue weighted by Gasteiger charge is 2.15. The normalized spacial score (nSPS) is 12.0. The van der Waals surface area contributed by atoms with E-state index in [1.54, 1.807) is 24.3 Å². The van der Waals surface area contributed by atoms with Gasteiger partial charge in [-0.25, -0.2) is 0 Å². The van der Waals surface area contributed by atoms with Gasteiger partial charge >= 0.3 is 0 Å². The van der Waals surface area contributed by atoms with Gasteiger partial charge in [0.25, 0.3) is 5.91 Å². The van der Waals surface area contributed by atoms with E-state index < -0.39 is 12.0 Å². The summed E-state index contributed by atoms with van der Waals surface area (Å²) in [5, 5.41) is 13.5. The summed E-state index contributed by atoms with van der Waals surface area (Å²) in [6.45, 7) is 4.47. The minimum atomic E-state index is -0.793. The summed E-state index contributed by atoms with van der Waals surface area (Å²) in [5.41, 5.74) is 1.95. The average molecular weight is 414 g/mol. The zero-order valence-corrected chi connectivity index (χ0v) is 17.1. The summed E-state index contributed by atoms with van der Waals surface area (Å²) >= 11 is 6.05. The Balaban J connectivity index is 1.51. The fourth-order valence-corrected chi connectivity index (χ4v) is 2.98. The van der Waals surface area contributed by atoms with Crippen molar-refractivity contribution >= 4 is 17.5 Å².